The highest BCUT2D eigenvalue weighted by Gasteiger charge is 2.16. The Morgan fingerprint density at radius 2 is 2.00 bits per heavy atom. The zero-order chi connectivity index (χ0) is 13.1. The molecular formula is C14H15BrFNS. The summed E-state index contributed by atoms with van der Waals surface area (Å²) in [6, 6.07) is 8.83. The highest BCUT2D eigenvalue weighted by molar-refractivity contribution is 9.10. The van der Waals surface area contributed by atoms with E-state index in [0.717, 1.165) is 10.9 Å². The predicted octanol–water partition coefficient (Wildman–Crippen LogP) is 4.45. The minimum absolute atomic E-state index is 0.246. The Balaban J connectivity index is 2.19. The first-order valence-electron chi connectivity index (χ1n) is 5.89. The van der Waals surface area contributed by atoms with Crippen LogP contribution in [0.1, 0.15) is 28.3 Å². The van der Waals surface area contributed by atoms with Gasteiger partial charge in [0.25, 0.3) is 0 Å². The molecule has 1 heterocycles. The van der Waals surface area contributed by atoms with Crippen LogP contribution in [-0.4, -0.2) is 0 Å². The second-order valence-electron chi connectivity index (χ2n) is 4.17. The quantitative estimate of drug-likeness (QED) is 0.881. The largest absolute Gasteiger partial charge is 0.324 e. The van der Waals surface area contributed by atoms with Crippen molar-refractivity contribution in [2.75, 3.05) is 0 Å². The summed E-state index contributed by atoms with van der Waals surface area (Å²) in [5, 5.41) is 0. The summed E-state index contributed by atoms with van der Waals surface area (Å²) < 4.78 is 14.5. The Kier molecular flexibility index (Phi) is 4.54. The number of halogens is 2. The Labute approximate surface area is 119 Å². The lowest BCUT2D eigenvalue weighted by atomic mass is 10.0. The second-order valence-corrected chi connectivity index (χ2v) is 6.27. The molecule has 1 nitrogen and oxygen atoms in total. The Hall–Kier alpha value is -0.710. The average Bonchev–Trinajstić information content (AvgIpc) is 2.76. The van der Waals surface area contributed by atoms with E-state index in [2.05, 4.69) is 35.0 Å². The summed E-state index contributed by atoms with van der Waals surface area (Å²) >= 11 is 5.11. The molecule has 0 saturated carbocycles. The number of nitrogens with two attached hydrogens (primary N) is 1. The molecule has 96 valence electrons. The highest BCUT2D eigenvalue weighted by atomic mass is 79.9. The molecular weight excluding hydrogens is 313 g/mol. The maximum Gasteiger partial charge on any atom is 0.129 e. The molecule has 0 aliphatic rings. The van der Waals surface area contributed by atoms with Crippen molar-refractivity contribution >= 4 is 27.3 Å². The van der Waals surface area contributed by atoms with Crippen molar-refractivity contribution in [2.45, 2.75) is 25.8 Å². The van der Waals surface area contributed by atoms with E-state index in [1.54, 1.807) is 17.4 Å². The van der Waals surface area contributed by atoms with Gasteiger partial charge < -0.3 is 5.73 Å². The van der Waals surface area contributed by atoms with Crippen molar-refractivity contribution < 1.29 is 4.39 Å². The molecule has 1 unspecified atom stereocenters. The first-order chi connectivity index (χ1) is 8.61. The van der Waals surface area contributed by atoms with Crippen LogP contribution >= 0.6 is 27.3 Å². The molecule has 1 atom stereocenters. The minimum atomic E-state index is -0.316. The van der Waals surface area contributed by atoms with Crippen LogP contribution in [0, 0.1) is 5.82 Å². The van der Waals surface area contributed by atoms with E-state index in [9.17, 15) is 4.39 Å². The zero-order valence-electron chi connectivity index (χ0n) is 10.1. The van der Waals surface area contributed by atoms with E-state index in [1.807, 2.05) is 6.07 Å². The summed E-state index contributed by atoms with van der Waals surface area (Å²) in [4.78, 5) is 2.54. The van der Waals surface area contributed by atoms with Crippen LogP contribution < -0.4 is 5.73 Å². The number of rotatable bonds is 4. The van der Waals surface area contributed by atoms with Gasteiger partial charge in [-0.25, -0.2) is 4.39 Å². The maximum atomic E-state index is 13.8. The fourth-order valence-electron chi connectivity index (χ4n) is 1.91. The summed E-state index contributed by atoms with van der Waals surface area (Å²) in [7, 11) is 0. The van der Waals surface area contributed by atoms with Crippen molar-refractivity contribution in [1.82, 2.24) is 0 Å². The molecule has 0 amide bonds. The van der Waals surface area contributed by atoms with Crippen LogP contribution in [0.3, 0.4) is 0 Å². The summed E-state index contributed by atoms with van der Waals surface area (Å²) in [6.07, 6.45) is 1.70. The van der Waals surface area contributed by atoms with Gasteiger partial charge in [-0.1, -0.05) is 28.9 Å². The highest BCUT2D eigenvalue weighted by Crippen LogP contribution is 2.29. The van der Waals surface area contributed by atoms with Crippen LogP contribution in [-0.2, 0) is 12.8 Å². The number of hydrogen-bond acceptors (Lipinski definition) is 2. The molecule has 4 heteroatoms. The lowest BCUT2D eigenvalue weighted by Gasteiger charge is -2.13. The van der Waals surface area contributed by atoms with E-state index >= 15 is 0 Å². The van der Waals surface area contributed by atoms with E-state index < -0.39 is 0 Å². The Morgan fingerprint density at radius 1 is 1.28 bits per heavy atom. The Bertz CT molecular complexity index is 518. The van der Waals surface area contributed by atoms with E-state index in [0.29, 0.717) is 12.0 Å². The van der Waals surface area contributed by atoms with Crippen LogP contribution in [0.4, 0.5) is 4.39 Å². The minimum Gasteiger partial charge on any atom is -0.324 e. The van der Waals surface area contributed by atoms with E-state index in [1.165, 1.54) is 15.8 Å². The number of hydrogen-bond donors (Lipinski definition) is 1. The fraction of sp³-hybridized carbons (Fsp3) is 0.286. The van der Waals surface area contributed by atoms with Gasteiger partial charge in [0.1, 0.15) is 5.82 Å². The second kappa shape index (κ2) is 5.95. The molecule has 1 aromatic carbocycles. The standard InChI is InChI=1S/C14H15BrFNS/c1-2-9-6-7-10(18-9)8-13(17)14-11(15)4-3-5-12(14)16/h3-7,13H,2,8,17H2,1H3. The molecule has 2 rings (SSSR count). The molecule has 0 aliphatic heterocycles. The zero-order valence-corrected chi connectivity index (χ0v) is 12.5. The molecule has 1 aromatic heterocycles. The molecule has 0 bridgehead atoms. The molecule has 0 fully saturated rings. The summed E-state index contributed by atoms with van der Waals surface area (Å²) in [6.45, 7) is 2.13. The van der Waals surface area contributed by atoms with Crippen molar-refractivity contribution in [3.8, 4) is 0 Å². The van der Waals surface area contributed by atoms with Crippen LogP contribution in [0.25, 0.3) is 0 Å². The topological polar surface area (TPSA) is 26.0 Å². The van der Waals surface area contributed by atoms with Gasteiger partial charge in [-0.05, 0) is 30.7 Å². The van der Waals surface area contributed by atoms with Gasteiger partial charge >= 0.3 is 0 Å². The van der Waals surface area contributed by atoms with Crippen LogP contribution in [0.5, 0.6) is 0 Å². The van der Waals surface area contributed by atoms with Gasteiger partial charge in [0.15, 0.2) is 0 Å². The SMILES string of the molecule is CCc1ccc(CC(N)c2c(F)cccc2Br)s1. The monoisotopic (exact) mass is 327 g/mol. The third kappa shape index (κ3) is 2.99. The molecule has 0 aliphatic carbocycles. The maximum absolute atomic E-state index is 13.8. The van der Waals surface area contributed by atoms with Gasteiger partial charge in [-0.3, -0.25) is 0 Å². The predicted molar refractivity (Wildman–Crippen MR) is 78.4 cm³/mol. The van der Waals surface area contributed by atoms with Crippen molar-refractivity contribution in [3.05, 3.63) is 55.9 Å². The number of aryl methyl sites for hydroxylation is 1. The smallest absolute Gasteiger partial charge is 0.129 e. The van der Waals surface area contributed by atoms with Gasteiger partial charge in [-0.2, -0.15) is 0 Å². The van der Waals surface area contributed by atoms with Crippen LogP contribution in [0.2, 0.25) is 0 Å². The van der Waals surface area contributed by atoms with E-state index in [4.69, 9.17) is 5.73 Å². The van der Waals surface area contributed by atoms with E-state index in [-0.39, 0.29) is 11.9 Å². The Morgan fingerprint density at radius 3 is 2.61 bits per heavy atom. The lowest BCUT2D eigenvalue weighted by molar-refractivity contribution is 0.579. The third-order valence-electron chi connectivity index (χ3n) is 2.86. The van der Waals surface area contributed by atoms with Crippen molar-refractivity contribution in [1.29, 1.82) is 0 Å². The first-order valence-corrected chi connectivity index (χ1v) is 7.49. The lowest BCUT2D eigenvalue weighted by Crippen LogP contribution is -2.15. The van der Waals surface area contributed by atoms with Gasteiger partial charge in [0.2, 0.25) is 0 Å². The van der Waals surface area contributed by atoms with Crippen molar-refractivity contribution in [3.63, 3.8) is 0 Å². The fourth-order valence-corrected chi connectivity index (χ4v) is 3.56. The molecule has 0 spiro atoms. The molecule has 18 heavy (non-hydrogen) atoms. The molecule has 0 radical (unpaired) electrons. The average molecular weight is 328 g/mol. The van der Waals surface area contributed by atoms with Crippen LogP contribution in [0.15, 0.2) is 34.8 Å². The third-order valence-corrected chi connectivity index (χ3v) is 4.80. The normalized spacial score (nSPS) is 12.7. The number of thiophene rings is 1. The number of benzene rings is 1. The van der Waals surface area contributed by atoms with Gasteiger partial charge in [0, 0.05) is 32.3 Å². The van der Waals surface area contributed by atoms with Gasteiger partial charge in [-0.15, -0.1) is 11.3 Å². The molecule has 2 aromatic rings. The summed E-state index contributed by atoms with van der Waals surface area (Å²) in [5.74, 6) is -0.246. The summed E-state index contributed by atoms with van der Waals surface area (Å²) in [5.41, 5.74) is 6.68. The van der Waals surface area contributed by atoms with Gasteiger partial charge in [0.05, 0.1) is 0 Å². The van der Waals surface area contributed by atoms with Crippen molar-refractivity contribution in [2.24, 2.45) is 5.73 Å². The molecule has 0 saturated heterocycles. The first kappa shape index (κ1) is 13.7. The molecule has 2 N–H and O–H groups in total.